The zero-order valence-electron chi connectivity index (χ0n) is 5.04. The summed E-state index contributed by atoms with van der Waals surface area (Å²) in [7, 11) is 0. The van der Waals surface area contributed by atoms with Gasteiger partial charge in [-0.05, 0) is 13.0 Å². The Labute approximate surface area is 61.9 Å². The lowest BCUT2D eigenvalue weighted by Gasteiger charge is -1.99. The molecule has 0 atom stereocenters. The third kappa shape index (κ3) is 8.30. The van der Waals surface area contributed by atoms with Crippen LogP contribution in [0.2, 0.25) is 0 Å². The van der Waals surface area contributed by atoms with E-state index in [1.807, 2.05) is 0 Å². The monoisotopic (exact) mass is 201 g/mol. The average molecular weight is 202 g/mol. The highest BCUT2D eigenvalue weighted by Gasteiger charge is 1.98. The van der Waals surface area contributed by atoms with Crippen molar-refractivity contribution < 1.29 is 8.78 Å². The first kappa shape index (κ1) is 9.30. The maximum Gasteiger partial charge on any atom is 0.250 e. The third-order valence-corrected chi connectivity index (χ3v) is 1.35. The first-order valence-corrected chi connectivity index (χ1v) is 3.94. The van der Waals surface area contributed by atoms with Gasteiger partial charge in [-0.3, -0.25) is 0 Å². The summed E-state index contributed by atoms with van der Waals surface area (Å²) < 4.78 is 22.8. The molecule has 0 fully saturated rings. The molecule has 1 nitrogen and oxygen atoms in total. The van der Waals surface area contributed by atoms with E-state index in [2.05, 4.69) is 21.2 Å². The van der Waals surface area contributed by atoms with Crippen molar-refractivity contribution in [2.45, 2.75) is 12.8 Å². The van der Waals surface area contributed by atoms with Gasteiger partial charge in [0.15, 0.2) is 0 Å². The van der Waals surface area contributed by atoms with Crippen molar-refractivity contribution in [3.05, 3.63) is 0 Å². The summed E-state index contributed by atoms with van der Waals surface area (Å²) in [4.78, 5) is 0. The van der Waals surface area contributed by atoms with Gasteiger partial charge in [-0.2, -0.15) is 0 Å². The van der Waals surface area contributed by atoms with E-state index in [-0.39, 0.29) is 6.54 Å². The van der Waals surface area contributed by atoms with Crippen LogP contribution in [0.1, 0.15) is 6.42 Å². The maximum atomic E-state index is 11.4. The largest absolute Gasteiger partial charge is 0.311 e. The lowest BCUT2D eigenvalue weighted by atomic mass is 10.5. The molecule has 0 saturated heterocycles. The molecular formula is C5H10BrF2N. The van der Waals surface area contributed by atoms with Gasteiger partial charge in [0.05, 0.1) is 6.54 Å². The van der Waals surface area contributed by atoms with Gasteiger partial charge in [0, 0.05) is 5.33 Å². The van der Waals surface area contributed by atoms with Gasteiger partial charge < -0.3 is 5.32 Å². The van der Waals surface area contributed by atoms with Crippen LogP contribution in [0.15, 0.2) is 0 Å². The van der Waals surface area contributed by atoms with Gasteiger partial charge in [0.25, 0.3) is 6.43 Å². The number of hydrogen-bond acceptors (Lipinski definition) is 1. The Bertz CT molecular complexity index is 60.9. The topological polar surface area (TPSA) is 12.0 Å². The molecule has 1 N–H and O–H groups in total. The smallest absolute Gasteiger partial charge is 0.250 e. The predicted molar refractivity (Wildman–Crippen MR) is 37.3 cm³/mol. The van der Waals surface area contributed by atoms with E-state index in [1.165, 1.54) is 0 Å². The molecule has 0 aliphatic rings. The number of hydrogen-bond donors (Lipinski definition) is 1. The fourth-order valence-corrected chi connectivity index (χ4v) is 0.683. The van der Waals surface area contributed by atoms with E-state index in [9.17, 15) is 8.78 Å². The van der Waals surface area contributed by atoms with Crippen molar-refractivity contribution in [3.8, 4) is 0 Å². The van der Waals surface area contributed by atoms with Crippen LogP contribution >= 0.6 is 15.9 Å². The van der Waals surface area contributed by atoms with E-state index in [4.69, 9.17) is 0 Å². The average Bonchev–Trinajstić information content (AvgIpc) is 1.80. The number of nitrogens with one attached hydrogen (secondary N) is 1. The van der Waals surface area contributed by atoms with E-state index < -0.39 is 6.43 Å². The van der Waals surface area contributed by atoms with Crippen molar-refractivity contribution in [1.82, 2.24) is 5.32 Å². The summed E-state index contributed by atoms with van der Waals surface area (Å²) in [5, 5.41) is 3.47. The fourth-order valence-electron chi connectivity index (χ4n) is 0.403. The van der Waals surface area contributed by atoms with Crippen LogP contribution in [0.5, 0.6) is 0 Å². The normalized spacial score (nSPS) is 10.7. The number of rotatable bonds is 5. The van der Waals surface area contributed by atoms with E-state index in [1.54, 1.807) is 0 Å². The van der Waals surface area contributed by atoms with E-state index >= 15 is 0 Å². The minimum Gasteiger partial charge on any atom is -0.311 e. The van der Waals surface area contributed by atoms with E-state index in [0.717, 1.165) is 11.8 Å². The molecule has 0 radical (unpaired) electrons. The van der Waals surface area contributed by atoms with Crippen LogP contribution in [0, 0.1) is 0 Å². The Morgan fingerprint density at radius 2 is 2.11 bits per heavy atom. The molecule has 9 heavy (non-hydrogen) atoms. The highest BCUT2D eigenvalue weighted by Crippen LogP contribution is 1.89. The zero-order valence-corrected chi connectivity index (χ0v) is 6.63. The van der Waals surface area contributed by atoms with Crippen molar-refractivity contribution in [2.24, 2.45) is 0 Å². The second-order valence-corrected chi connectivity index (χ2v) is 2.43. The molecule has 0 aliphatic heterocycles. The quantitative estimate of drug-likeness (QED) is 0.527. The summed E-state index contributed by atoms with van der Waals surface area (Å²) >= 11 is 3.19. The van der Waals surface area contributed by atoms with Crippen molar-refractivity contribution >= 4 is 15.9 Å². The zero-order chi connectivity index (χ0) is 7.11. The van der Waals surface area contributed by atoms with Gasteiger partial charge in [-0.1, -0.05) is 15.9 Å². The lowest BCUT2D eigenvalue weighted by molar-refractivity contribution is 0.146. The van der Waals surface area contributed by atoms with E-state index in [0.29, 0.717) is 6.54 Å². The minimum atomic E-state index is -2.22. The standard InChI is InChI=1S/C5H10BrF2N/c6-2-1-3-9-4-5(7)8/h5,9H,1-4H2. The number of alkyl halides is 3. The van der Waals surface area contributed by atoms with Gasteiger partial charge in [0.1, 0.15) is 0 Å². The van der Waals surface area contributed by atoms with Crippen LogP contribution in [0.4, 0.5) is 8.78 Å². The summed E-state index contributed by atoms with van der Waals surface area (Å²) in [5.74, 6) is 0. The Balaban J connectivity index is 2.75. The highest BCUT2D eigenvalue weighted by atomic mass is 79.9. The molecule has 0 spiro atoms. The summed E-state index contributed by atoms with van der Waals surface area (Å²) in [5.41, 5.74) is 0. The Kier molecular flexibility index (Phi) is 6.63. The molecule has 0 saturated carbocycles. The maximum absolute atomic E-state index is 11.4. The molecule has 0 rings (SSSR count). The molecule has 0 amide bonds. The van der Waals surface area contributed by atoms with Crippen molar-refractivity contribution in [3.63, 3.8) is 0 Å². The minimum absolute atomic E-state index is 0.188. The fraction of sp³-hybridized carbons (Fsp3) is 1.00. The first-order chi connectivity index (χ1) is 4.27. The van der Waals surface area contributed by atoms with Crippen LogP contribution < -0.4 is 5.32 Å². The molecule has 0 unspecified atom stereocenters. The Morgan fingerprint density at radius 3 is 2.56 bits per heavy atom. The SMILES string of the molecule is FC(F)CNCCCBr. The van der Waals surface area contributed by atoms with Gasteiger partial charge in [0.2, 0.25) is 0 Å². The molecular weight excluding hydrogens is 192 g/mol. The molecule has 0 aromatic rings. The third-order valence-electron chi connectivity index (χ3n) is 0.786. The van der Waals surface area contributed by atoms with Gasteiger partial charge in [-0.15, -0.1) is 0 Å². The van der Waals surface area contributed by atoms with Crippen LogP contribution in [0.3, 0.4) is 0 Å². The molecule has 0 bridgehead atoms. The summed E-state index contributed by atoms with van der Waals surface area (Å²) in [6.07, 6.45) is -1.33. The van der Waals surface area contributed by atoms with Gasteiger partial charge >= 0.3 is 0 Å². The molecule has 4 heteroatoms. The molecule has 56 valence electrons. The molecule has 0 heterocycles. The summed E-state index contributed by atoms with van der Waals surface area (Å²) in [6.45, 7) is 0.475. The molecule has 0 aromatic carbocycles. The first-order valence-electron chi connectivity index (χ1n) is 2.82. The molecule has 0 aromatic heterocycles. The van der Waals surface area contributed by atoms with Crippen molar-refractivity contribution in [2.75, 3.05) is 18.4 Å². The van der Waals surface area contributed by atoms with Crippen LogP contribution in [-0.2, 0) is 0 Å². The Morgan fingerprint density at radius 1 is 1.44 bits per heavy atom. The lowest BCUT2D eigenvalue weighted by Crippen LogP contribution is -2.22. The van der Waals surface area contributed by atoms with Crippen LogP contribution in [0.25, 0.3) is 0 Å². The Hall–Kier alpha value is 0.300. The summed E-state index contributed by atoms with van der Waals surface area (Å²) in [6, 6.07) is 0. The highest BCUT2D eigenvalue weighted by molar-refractivity contribution is 9.09. The molecule has 0 aliphatic carbocycles. The second-order valence-electron chi connectivity index (χ2n) is 1.64. The van der Waals surface area contributed by atoms with Gasteiger partial charge in [-0.25, -0.2) is 8.78 Å². The van der Waals surface area contributed by atoms with Crippen LogP contribution in [-0.4, -0.2) is 24.8 Å². The van der Waals surface area contributed by atoms with Crippen molar-refractivity contribution in [1.29, 1.82) is 0 Å². The predicted octanol–water partition coefficient (Wildman–Crippen LogP) is 1.63. The number of halogens is 3. The second kappa shape index (κ2) is 6.42.